The van der Waals surface area contributed by atoms with Gasteiger partial charge in [0.15, 0.2) is 17.3 Å². The van der Waals surface area contributed by atoms with Gasteiger partial charge in [-0.3, -0.25) is 0 Å². The van der Waals surface area contributed by atoms with Gasteiger partial charge in [0, 0.05) is 32.0 Å². The molecule has 0 saturated carbocycles. The largest absolute Gasteiger partial charge is 0.490 e. The summed E-state index contributed by atoms with van der Waals surface area (Å²) in [5, 5.41) is 7.99. The van der Waals surface area contributed by atoms with Gasteiger partial charge in [0.1, 0.15) is 0 Å². The van der Waals surface area contributed by atoms with Crippen LogP contribution in [0, 0.1) is 20.8 Å². The molecule has 1 N–H and O–H groups in total. The molecular formula is C22H31N5O2. The molecule has 0 radical (unpaired) electrons. The van der Waals surface area contributed by atoms with Crippen molar-refractivity contribution in [1.82, 2.24) is 14.6 Å². The second-order valence-electron chi connectivity index (χ2n) is 7.27. The van der Waals surface area contributed by atoms with Crippen molar-refractivity contribution in [2.45, 2.75) is 34.1 Å². The molecule has 2 heterocycles. The first-order valence-corrected chi connectivity index (χ1v) is 10.0. The third-order valence-electron chi connectivity index (χ3n) is 5.12. The van der Waals surface area contributed by atoms with Gasteiger partial charge in [-0.1, -0.05) is 13.0 Å². The molecule has 0 spiro atoms. The lowest BCUT2D eigenvalue weighted by Gasteiger charge is -2.27. The molecular weight excluding hydrogens is 366 g/mol. The lowest BCUT2D eigenvalue weighted by molar-refractivity contribution is 0.204. The van der Waals surface area contributed by atoms with Crippen molar-refractivity contribution in [2.75, 3.05) is 44.1 Å². The molecule has 0 amide bonds. The summed E-state index contributed by atoms with van der Waals surface area (Å²) in [6.45, 7) is 10.7. The first-order chi connectivity index (χ1) is 14.0. The summed E-state index contributed by atoms with van der Waals surface area (Å²) in [5.41, 5.74) is 5.46. The Hall–Kier alpha value is -2.80. The molecule has 0 unspecified atom stereocenters. The van der Waals surface area contributed by atoms with Gasteiger partial charge in [0.05, 0.1) is 19.9 Å². The Labute approximate surface area is 172 Å². The van der Waals surface area contributed by atoms with Gasteiger partial charge in [-0.15, -0.1) is 0 Å². The van der Waals surface area contributed by atoms with Crippen LogP contribution in [0.4, 0.5) is 17.3 Å². The fourth-order valence-electron chi connectivity index (χ4n) is 3.48. The first-order valence-electron chi connectivity index (χ1n) is 10.0. The summed E-state index contributed by atoms with van der Waals surface area (Å²) < 4.78 is 13.0. The summed E-state index contributed by atoms with van der Waals surface area (Å²) >= 11 is 0. The van der Waals surface area contributed by atoms with E-state index >= 15 is 0 Å². The van der Waals surface area contributed by atoms with Gasteiger partial charge in [0.2, 0.25) is 5.75 Å². The van der Waals surface area contributed by atoms with Gasteiger partial charge in [-0.05, 0) is 49.9 Å². The highest BCUT2D eigenvalue weighted by Gasteiger charge is 2.22. The Kier molecular flexibility index (Phi) is 6.59. The number of aryl methyl sites for hydroxylation is 3. The Morgan fingerprint density at radius 2 is 1.83 bits per heavy atom. The molecule has 3 rings (SSSR count). The summed E-state index contributed by atoms with van der Waals surface area (Å²) in [7, 11) is 3.39. The van der Waals surface area contributed by atoms with Crippen molar-refractivity contribution in [3.8, 4) is 5.75 Å². The van der Waals surface area contributed by atoms with Crippen LogP contribution < -0.4 is 15.0 Å². The van der Waals surface area contributed by atoms with Gasteiger partial charge in [-0.25, -0.2) is 4.98 Å². The number of nitrogens with one attached hydrogen (secondary N) is 1. The van der Waals surface area contributed by atoms with E-state index in [1.807, 2.05) is 10.6 Å². The van der Waals surface area contributed by atoms with E-state index in [2.05, 4.69) is 55.1 Å². The predicted molar refractivity (Wildman–Crippen MR) is 118 cm³/mol. The summed E-state index contributed by atoms with van der Waals surface area (Å²) in [4.78, 5) is 7.02. The average molecular weight is 398 g/mol. The van der Waals surface area contributed by atoms with Crippen molar-refractivity contribution in [3.05, 3.63) is 41.1 Å². The van der Waals surface area contributed by atoms with Crippen molar-refractivity contribution in [1.29, 1.82) is 0 Å². The van der Waals surface area contributed by atoms with Crippen molar-refractivity contribution in [3.63, 3.8) is 0 Å². The zero-order valence-corrected chi connectivity index (χ0v) is 18.2. The standard InChI is InChI=1S/C22H31N5O2/c1-7-10-26(11-12-28-5)22-20(29-6)21(25-19-8-9-23-27(19)22)24-18-14-16(3)15(2)13-17(18)4/h8-9,13-14H,7,10-12H2,1-6H3,(H,24,25). The number of ether oxygens (including phenoxy) is 2. The molecule has 0 bridgehead atoms. The number of fused-ring (bicyclic) bond motifs is 1. The molecule has 3 aromatic rings. The highest BCUT2D eigenvalue weighted by Crippen LogP contribution is 2.37. The summed E-state index contributed by atoms with van der Waals surface area (Å²) in [5.74, 6) is 2.23. The number of aromatic nitrogens is 3. The number of hydrogen-bond acceptors (Lipinski definition) is 6. The molecule has 0 saturated heterocycles. The van der Waals surface area contributed by atoms with Gasteiger partial charge >= 0.3 is 0 Å². The minimum Gasteiger partial charge on any atom is -0.490 e. The zero-order valence-electron chi connectivity index (χ0n) is 18.2. The molecule has 156 valence electrons. The van der Waals surface area contributed by atoms with Crippen LogP contribution in [-0.2, 0) is 4.74 Å². The minimum absolute atomic E-state index is 0.618. The molecule has 0 atom stereocenters. The molecule has 0 aliphatic heterocycles. The monoisotopic (exact) mass is 397 g/mol. The van der Waals surface area contributed by atoms with Gasteiger partial charge < -0.3 is 19.7 Å². The Morgan fingerprint density at radius 3 is 2.52 bits per heavy atom. The molecule has 7 heteroatoms. The van der Waals surface area contributed by atoms with Crippen molar-refractivity contribution < 1.29 is 9.47 Å². The fourth-order valence-corrected chi connectivity index (χ4v) is 3.48. The fraction of sp³-hybridized carbons (Fsp3) is 0.455. The third-order valence-corrected chi connectivity index (χ3v) is 5.12. The molecule has 1 aromatic carbocycles. The average Bonchev–Trinajstić information content (AvgIpc) is 3.16. The van der Waals surface area contributed by atoms with E-state index in [0.717, 1.165) is 42.2 Å². The number of hydrogen-bond donors (Lipinski definition) is 1. The molecule has 0 fully saturated rings. The first kappa shape index (κ1) is 20.9. The summed E-state index contributed by atoms with van der Waals surface area (Å²) in [6, 6.07) is 6.24. The second-order valence-corrected chi connectivity index (χ2v) is 7.27. The Balaban J connectivity index is 2.14. The van der Waals surface area contributed by atoms with E-state index in [9.17, 15) is 0 Å². The lowest BCUT2D eigenvalue weighted by atomic mass is 10.0. The summed E-state index contributed by atoms with van der Waals surface area (Å²) in [6.07, 6.45) is 2.76. The van der Waals surface area contributed by atoms with Crippen LogP contribution in [0.25, 0.3) is 5.65 Å². The van der Waals surface area contributed by atoms with Crippen LogP contribution in [0.3, 0.4) is 0 Å². The maximum absolute atomic E-state index is 5.86. The third kappa shape index (κ3) is 4.29. The molecule has 7 nitrogen and oxygen atoms in total. The molecule has 0 aliphatic rings. The van der Waals surface area contributed by atoms with E-state index in [-0.39, 0.29) is 0 Å². The highest BCUT2D eigenvalue weighted by molar-refractivity contribution is 5.75. The van der Waals surface area contributed by atoms with Crippen LogP contribution in [0.1, 0.15) is 30.0 Å². The van der Waals surface area contributed by atoms with Crippen molar-refractivity contribution in [2.24, 2.45) is 0 Å². The smallest absolute Gasteiger partial charge is 0.204 e. The number of benzene rings is 1. The van der Waals surface area contributed by atoms with Gasteiger partial charge in [-0.2, -0.15) is 9.61 Å². The zero-order chi connectivity index (χ0) is 21.0. The van der Waals surface area contributed by atoms with E-state index in [4.69, 9.17) is 14.5 Å². The molecule has 29 heavy (non-hydrogen) atoms. The highest BCUT2D eigenvalue weighted by atomic mass is 16.5. The van der Waals surface area contributed by atoms with Crippen molar-refractivity contribution >= 4 is 23.0 Å². The number of nitrogens with zero attached hydrogens (tertiary/aromatic N) is 4. The number of anilines is 3. The Morgan fingerprint density at radius 1 is 1.07 bits per heavy atom. The number of rotatable bonds is 9. The minimum atomic E-state index is 0.618. The van der Waals surface area contributed by atoms with Crippen LogP contribution in [0.5, 0.6) is 5.75 Å². The van der Waals surface area contributed by atoms with E-state index in [0.29, 0.717) is 18.2 Å². The maximum Gasteiger partial charge on any atom is 0.204 e. The van der Waals surface area contributed by atoms with Crippen LogP contribution in [0.2, 0.25) is 0 Å². The molecule has 2 aromatic heterocycles. The predicted octanol–water partition coefficient (Wildman–Crippen LogP) is 4.27. The Bertz CT molecular complexity index is 983. The SMILES string of the molecule is CCCN(CCOC)c1c(OC)c(Nc2cc(C)c(C)cc2C)nc2ccnn12. The topological polar surface area (TPSA) is 63.9 Å². The normalized spacial score (nSPS) is 11.1. The number of methoxy groups -OCH3 is 2. The lowest BCUT2D eigenvalue weighted by Crippen LogP contribution is -2.30. The van der Waals surface area contributed by atoms with E-state index < -0.39 is 0 Å². The van der Waals surface area contributed by atoms with Crippen LogP contribution in [-0.4, -0.2) is 48.5 Å². The van der Waals surface area contributed by atoms with E-state index in [1.54, 1.807) is 20.4 Å². The van der Waals surface area contributed by atoms with E-state index in [1.165, 1.54) is 11.1 Å². The van der Waals surface area contributed by atoms with Crippen LogP contribution in [0.15, 0.2) is 24.4 Å². The van der Waals surface area contributed by atoms with Crippen LogP contribution >= 0.6 is 0 Å². The molecule has 0 aliphatic carbocycles. The maximum atomic E-state index is 5.86. The quantitative estimate of drug-likeness (QED) is 0.582. The van der Waals surface area contributed by atoms with Gasteiger partial charge in [0.25, 0.3) is 0 Å². The second kappa shape index (κ2) is 9.13.